The highest BCUT2D eigenvalue weighted by Gasteiger charge is 2.41. The summed E-state index contributed by atoms with van der Waals surface area (Å²) in [6, 6.07) is -0.333. The number of likely N-dealkylation sites (tertiary alicyclic amines) is 1. The zero-order valence-electron chi connectivity index (χ0n) is 15.8. The van der Waals surface area contributed by atoms with Crippen LogP contribution < -0.4 is 5.32 Å². The number of nitrogens with one attached hydrogen (secondary N) is 1. The maximum absolute atomic E-state index is 12.8. The predicted molar refractivity (Wildman–Crippen MR) is 94.3 cm³/mol. The van der Waals surface area contributed by atoms with Gasteiger partial charge in [0.05, 0.1) is 0 Å². The third-order valence-electron chi connectivity index (χ3n) is 5.68. The summed E-state index contributed by atoms with van der Waals surface area (Å²) in [6.07, 6.45) is 3.19. The summed E-state index contributed by atoms with van der Waals surface area (Å²) in [7, 11) is 4.37. The second-order valence-corrected chi connectivity index (χ2v) is 7.58. The van der Waals surface area contributed by atoms with Gasteiger partial charge in [-0.1, -0.05) is 5.16 Å². The van der Waals surface area contributed by atoms with Crippen molar-refractivity contribution in [2.45, 2.75) is 44.7 Å². The molecular weight excluding hydrogens is 320 g/mol. The molecule has 1 aromatic rings. The van der Waals surface area contributed by atoms with Gasteiger partial charge in [0.15, 0.2) is 5.82 Å². The summed E-state index contributed by atoms with van der Waals surface area (Å²) in [5, 5.41) is 6.81. The van der Waals surface area contributed by atoms with Gasteiger partial charge in [0.2, 0.25) is 5.89 Å². The fourth-order valence-electron chi connectivity index (χ4n) is 3.87. The summed E-state index contributed by atoms with van der Waals surface area (Å²) in [5.74, 6) is 1.03. The molecule has 3 rings (SSSR count). The summed E-state index contributed by atoms with van der Waals surface area (Å²) >= 11 is 0. The maximum atomic E-state index is 12.8. The lowest BCUT2D eigenvalue weighted by atomic mass is 9.85. The minimum Gasteiger partial charge on any atom is -0.337 e. The number of hydrogen-bond donors (Lipinski definition) is 1. The lowest BCUT2D eigenvalue weighted by Crippen LogP contribution is -2.59. The molecule has 25 heavy (non-hydrogen) atoms. The Morgan fingerprint density at radius 3 is 2.60 bits per heavy atom. The first-order valence-electron chi connectivity index (χ1n) is 9.15. The van der Waals surface area contributed by atoms with E-state index in [1.54, 1.807) is 6.92 Å². The van der Waals surface area contributed by atoms with Crippen LogP contribution in [0.1, 0.15) is 43.9 Å². The summed E-state index contributed by atoms with van der Waals surface area (Å²) in [5.41, 5.74) is 0.0880. The van der Waals surface area contributed by atoms with E-state index in [1.165, 1.54) is 0 Å². The molecule has 2 amide bonds. The maximum Gasteiger partial charge on any atom is 0.318 e. The number of aromatic nitrogens is 2. The highest BCUT2D eigenvalue weighted by atomic mass is 16.5. The first-order valence-corrected chi connectivity index (χ1v) is 9.15. The number of hydrogen-bond acceptors (Lipinski definition) is 6. The Morgan fingerprint density at radius 1 is 1.24 bits per heavy atom. The third-order valence-corrected chi connectivity index (χ3v) is 5.68. The number of urea groups is 1. The second kappa shape index (κ2) is 7.29. The van der Waals surface area contributed by atoms with Crippen LogP contribution in [0.25, 0.3) is 0 Å². The molecule has 2 fully saturated rings. The Balaban J connectivity index is 1.67. The van der Waals surface area contributed by atoms with Crippen molar-refractivity contribution >= 4 is 6.03 Å². The minimum absolute atomic E-state index is 0.0445. The van der Waals surface area contributed by atoms with Crippen molar-refractivity contribution in [3.05, 3.63) is 11.7 Å². The van der Waals surface area contributed by atoms with E-state index in [2.05, 4.69) is 39.4 Å². The van der Waals surface area contributed by atoms with Crippen molar-refractivity contribution < 1.29 is 9.32 Å². The first kappa shape index (κ1) is 18.1. The zero-order chi connectivity index (χ0) is 18.0. The monoisotopic (exact) mass is 350 g/mol. The van der Waals surface area contributed by atoms with E-state index < -0.39 is 0 Å². The third kappa shape index (κ3) is 3.95. The summed E-state index contributed by atoms with van der Waals surface area (Å²) in [4.78, 5) is 23.8. The predicted octanol–water partition coefficient (Wildman–Crippen LogP) is 1.25. The Morgan fingerprint density at radius 2 is 1.96 bits per heavy atom. The molecule has 1 spiro atoms. The van der Waals surface area contributed by atoms with Crippen LogP contribution in [0.5, 0.6) is 0 Å². The van der Waals surface area contributed by atoms with Crippen LogP contribution in [0, 0.1) is 6.92 Å². The molecule has 0 aliphatic carbocycles. The topological polar surface area (TPSA) is 77.7 Å². The van der Waals surface area contributed by atoms with Crippen molar-refractivity contribution in [3.8, 4) is 0 Å². The zero-order valence-corrected chi connectivity index (χ0v) is 15.8. The van der Waals surface area contributed by atoms with Crippen LogP contribution in [0.2, 0.25) is 0 Å². The van der Waals surface area contributed by atoms with E-state index in [0.29, 0.717) is 11.7 Å². The quantitative estimate of drug-likeness (QED) is 0.865. The molecule has 8 nitrogen and oxygen atoms in total. The van der Waals surface area contributed by atoms with Gasteiger partial charge in [0.25, 0.3) is 0 Å². The van der Waals surface area contributed by atoms with Crippen molar-refractivity contribution in [1.82, 2.24) is 30.2 Å². The normalized spacial score (nSPS) is 23.4. The lowest BCUT2D eigenvalue weighted by molar-refractivity contribution is 0.0409. The molecule has 1 N–H and O–H groups in total. The van der Waals surface area contributed by atoms with Gasteiger partial charge in [-0.05, 0) is 60.3 Å². The number of carbonyl (C=O) groups excluding carboxylic acids is 1. The lowest BCUT2D eigenvalue weighted by Gasteiger charge is -2.47. The van der Waals surface area contributed by atoms with Gasteiger partial charge in [-0.2, -0.15) is 4.98 Å². The standard InChI is InChI=1S/C17H30N6O2/c1-13(15-19-14(2)20-25-15)18-16(24)23-9-5-8-22(4)17(12-23)6-10-21(3)11-7-17/h13H,5-12H2,1-4H3,(H,18,24)/t13-/m1/s1. The molecule has 2 aliphatic heterocycles. The number of rotatable bonds is 2. The fourth-order valence-corrected chi connectivity index (χ4v) is 3.87. The molecule has 140 valence electrons. The molecule has 2 saturated heterocycles. The molecular formula is C17H30N6O2. The van der Waals surface area contributed by atoms with Gasteiger partial charge in [0, 0.05) is 25.2 Å². The Labute approximate surface area is 149 Å². The van der Waals surface area contributed by atoms with Gasteiger partial charge in [-0.3, -0.25) is 4.90 Å². The SMILES string of the molecule is Cc1noc([C@@H](C)NC(=O)N2CCCN(C)C3(CCN(C)CC3)C2)n1. The van der Waals surface area contributed by atoms with Gasteiger partial charge < -0.3 is 19.6 Å². The van der Waals surface area contributed by atoms with E-state index in [4.69, 9.17) is 4.52 Å². The highest BCUT2D eigenvalue weighted by molar-refractivity contribution is 5.74. The molecule has 3 heterocycles. The number of amides is 2. The minimum atomic E-state index is -0.289. The average molecular weight is 350 g/mol. The van der Waals surface area contributed by atoms with Crippen LogP contribution in [0.3, 0.4) is 0 Å². The van der Waals surface area contributed by atoms with Gasteiger partial charge >= 0.3 is 6.03 Å². The number of carbonyl (C=O) groups is 1. The van der Waals surface area contributed by atoms with Gasteiger partial charge in [0.1, 0.15) is 6.04 Å². The number of nitrogens with zero attached hydrogens (tertiary/aromatic N) is 5. The Kier molecular flexibility index (Phi) is 5.29. The summed E-state index contributed by atoms with van der Waals surface area (Å²) in [6.45, 7) is 8.40. The molecule has 0 aromatic carbocycles. The van der Waals surface area contributed by atoms with E-state index in [-0.39, 0.29) is 17.6 Å². The molecule has 0 radical (unpaired) electrons. The molecule has 0 unspecified atom stereocenters. The molecule has 1 aromatic heterocycles. The second-order valence-electron chi connectivity index (χ2n) is 7.58. The number of piperidine rings is 1. The van der Waals surface area contributed by atoms with Crippen molar-refractivity contribution in [2.24, 2.45) is 0 Å². The Hall–Kier alpha value is -1.67. The van der Waals surface area contributed by atoms with Gasteiger partial charge in [-0.15, -0.1) is 0 Å². The smallest absolute Gasteiger partial charge is 0.318 e. The van der Waals surface area contributed by atoms with Crippen LogP contribution >= 0.6 is 0 Å². The van der Waals surface area contributed by atoms with E-state index >= 15 is 0 Å². The van der Waals surface area contributed by atoms with Crippen LogP contribution in [-0.2, 0) is 0 Å². The van der Waals surface area contributed by atoms with Crippen molar-refractivity contribution in [3.63, 3.8) is 0 Å². The van der Waals surface area contributed by atoms with Crippen molar-refractivity contribution in [2.75, 3.05) is 46.8 Å². The largest absolute Gasteiger partial charge is 0.337 e. The average Bonchev–Trinajstić information content (AvgIpc) is 2.95. The van der Waals surface area contributed by atoms with E-state index in [0.717, 1.165) is 52.0 Å². The van der Waals surface area contributed by atoms with Crippen LogP contribution in [-0.4, -0.2) is 83.2 Å². The van der Waals surface area contributed by atoms with Gasteiger partial charge in [-0.25, -0.2) is 4.79 Å². The molecule has 2 aliphatic rings. The highest BCUT2D eigenvalue weighted by Crippen LogP contribution is 2.31. The van der Waals surface area contributed by atoms with Crippen LogP contribution in [0.15, 0.2) is 4.52 Å². The molecule has 1 atom stereocenters. The number of likely N-dealkylation sites (N-methyl/N-ethyl adjacent to an activating group) is 1. The fraction of sp³-hybridized carbons (Fsp3) is 0.824. The van der Waals surface area contributed by atoms with E-state index in [1.807, 2.05) is 11.8 Å². The number of aryl methyl sites for hydroxylation is 1. The van der Waals surface area contributed by atoms with E-state index in [9.17, 15) is 4.79 Å². The molecule has 0 saturated carbocycles. The first-order chi connectivity index (χ1) is 11.9. The van der Waals surface area contributed by atoms with Crippen LogP contribution in [0.4, 0.5) is 4.79 Å². The van der Waals surface area contributed by atoms with Crippen molar-refractivity contribution in [1.29, 1.82) is 0 Å². The molecule has 8 heteroatoms. The molecule has 0 bridgehead atoms. The Bertz CT molecular complexity index is 596. The summed E-state index contributed by atoms with van der Waals surface area (Å²) < 4.78 is 5.17.